The lowest BCUT2D eigenvalue weighted by atomic mass is 9.73. The topological polar surface area (TPSA) is 32.8 Å². The van der Waals surface area contributed by atoms with Crippen LogP contribution in [-0.4, -0.2) is 53.7 Å². The molecule has 2 unspecified atom stereocenters. The molecule has 4 nitrogen and oxygen atoms in total. The van der Waals surface area contributed by atoms with Crippen molar-refractivity contribution in [3.63, 3.8) is 0 Å². The van der Waals surface area contributed by atoms with Gasteiger partial charge in [-0.1, -0.05) is 6.42 Å². The first kappa shape index (κ1) is 15.1. The van der Waals surface area contributed by atoms with Crippen molar-refractivity contribution in [2.45, 2.75) is 64.5 Å². The maximum atomic E-state index is 12.4. The average molecular weight is 294 g/mol. The van der Waals surface area contributed by atoms with E-state index in [0.29, 0.717) is 11.8 Å². The second kappa shape index (κ2) is 5.79. The molecule has 1 saturated carbocycles. The van der Waals surface area contributed by atoms with E-state index in [1.807, 2.05) is 25.7 Å². The molecule has 0 spiro atoms. The summed E-state index contributed by atoms with van der Waals surface area (Å²) >= 11 is 0. The van der Waals surface area contributed by atoms with Crippen LogP contribution in [0.5, 0.6) is 0 Å². The Balaban J connectivity index is 1.66. The van der Waals surface area contributed by atoms with E-state index in [1.165, 1.54) is 45.2 Å². The van der Waals surface area contributed by atoms with E-state index >= 15 is 0 Å². The van der Waals surface area contributed by atoms with Crippen molar-refractivity contribution in [2.75, 3.05) is 26.2 Å². The van der Waals surface area contributed by atoms with Crippen LogP contribution >= 0.6 is 0 Å². The van der Waals surface area contributed by atoms with E-state index in [9.17, 15) is 4.79 Å². The molecule has 3 rings (SSSR count). The van der Waals surface area contributed by atoms with E-state index in [2.05, 4.69) is 4.90 Å². The molecule has 2 saturated heterocycles. The van der Waals surface area contributed by atoms with E-state index < -0.39 is 5.60 Å². The molecule has 2 bridgehead atoms. The Morgan fingerprint density at radius 1 is 1.00 bits per heavy atom. The fourth-order valence-electron chi connectivity index (χ4n) is 4.52. The van der Waals surface area contributed by atoms with Crippen LogP contribution in [0.3, 0.4) is 0 Å². The zero-order valence-corrected chi connectivity index (χ0v) is 13.8. The molecule has 0 radical (unpaired) electrons. The quantitative estimate of drug-likeness (QED) is 0.745. The van der Waals surface area contributed by atoms with Crippen molar-refractivity contribution in [1.82, 2.24) is 9.80 Å². The number of carbonyl (C=O) groups excluding carboxylic acids is 1. The molecule has 0 N–H and O–H groups in total. The van der Waals surface area contributed by atoms with Gasteiger partial charge in [-0.25, -0.2) is 4.79 Å². The lowest BCUT2D eigenvalue weighted by Gasteiger charge is -2.50. The number of carbonyl (C=O) groups is 1. The van der Waals surface area contributed by atoms with Crippen molar-refractivity contribution in [1.29, 1.82) is 0 Å². The average Bonchev–Trinajstić information content (AvgIpc) is 2.88. The van der Waals surface area contributed by atoms with Crippen LogP contribution in [0.1, 0.15) is 52.9 Å². The van der Waals surface area contributed by atoms with Gasteiger partial charge in [-0.3, -0.25) is 4.90 Å². The molecule has 21 heavy (non-hydrogen) atoms. The summed E-state index contributed by atoms with van der Waals surface area (Å²) in [6, 6.07) is 0.722. The second-order valence-electron chi connectivity index (χ2n) is 8.07. The summed E-state index contributed by atoms with van der Waals surface area (Å²) in [7, 11) is 0. The number of hydrogen-bond acceptors (Lipinski definition) is 3. The molecule has 0 aromatic heterocycles. The highest BCUT2D eigenvalue weighted by molar-refractivity contribution is 5.68. The zero-order valence-electron chi connectivity index (χ0n) is 13.8. The van der Waals surface area contributed by atoms with Crippen molar-refractivity contribution < 1.29 is 9.53 Å². The van der Waals surface area contributed by atoms with Crippen LogP contribution in [0.4, 0.5) is 4.79 Å². The van der Waals surface area contributed by atoms with Gasteiger partial charge in [0, 0.05) is 19.1 Å². The Morgan fingerprint density at radius 2 is 1.57 bits per heavy atom. The van der Waals surface area contributed by atoms with Gasteiger partial charge in [0.05, 0.1) is 0 Å². The molecule has 2 atom stereocenters. The third-order valence-electron chi connectivity index (χ3n) is 5.24. The number of hydrogen-bond donors (Lipinski definition) is 0. The van der Waals surface area contributed by atoms with Crippen LogP contribution in [-0.2, 0) is 4.74 Å². The minimum atomic E-state index is -0.391. The van der Waals surface area contributed by atoms with E-state index in [-0.39, 0.29) is 6.09 Å². The summed E-state index contributed by atoms with van der Waals surface area (Å²) in [5, 5.41) is 0. The van der Waals surface area contributed by atoms with E-state index in [1.54, 1.807) is 0 Å². The molecule has 2 heterocycles. The van der Waals surface area contributed by atoms with Crippen LogP contribution < -0.4 is 0 Å². The summed E-state index contributed by atoms with van der Waals surface area (Å²) in [5.74, 6) is 1.31. The summed E-state index contributed by atoms with van der Waals surface area (Å²) < 4.78 is 5.58. The number of piperidine rings is 1. The monoisotopic (exact) mass is 294 g/mol. The molecule has 0 aromatic rings. The van der Waals surface area contributed by atoms with Gasteiger partial charge in [0.15, 0.2) is 0 Å². The Kier molecular flexibility index (Phi) is 4.17. The molecule has 3 aliphatic rings. The molecular formula is C17H30N2O2. The first-order chi connectivity index (χ1) is 9.94. The predicted octanol–water partition coefficient (Wildman–Crippen LogP) is 3.12. The van der Waals surface area contributed by atoms with E-state index in [4.69, 9.17) is 4.74 Å². The van der Waals surface area contributed by atoms with Gasteiger partial charge in [0.25, 0.3) is 0 Å². The van der Waals surface area contributed by atoms with Crippen LogP contribution in [0, 0.1) is 11.8 Å². The number of fused-ring (bicyclic) bond motifs is 2. The molecule has 2 aliphatic heterocycles. The lowest BCUT2D eigenvalue weighted by Crippen LogP contribution is -2.59. The Hall–Kier alpha value is -0.770. The molecular weight excluding hydrogens is 264 g/mol. The fraction of sp³-hybridized carbons (Fsp3) is 0.941. The van der Waals surface area contributed by atoms with Gasteiger partial charge in [-0.05, 0) is 71.4 Å². The highest BCUT2D eigenvalue weighted by Crippen LogP contribution is 2.39. The third kappa shape index (κ3) is 3.36. The van der Waals surface area contributed by atoms with Crippen LogP contribution in [0.15, 0.2) is 0 Å². The third-order valence-corrected chi connectivity index (χ3v) is 5.24. The fourth-order valence-corrected chi connectivity index (χ4v) is 4.52. The second-order valence-corrected chi connectivity index (χ2v) is 8.07. The van der Waals surface area contributed by atoms with Crippen molar-refractivity contribution in [3.8, 4) is 0 Å². The Morgan fingerprint density at radius 3 is 2.10 bits per heavy atom. The largest absolute Gasteiger partial charge is 0.444 e. The molecule has 1 aliphatic carbocycles. The first-order valence-electron chi connectivity index (χ1n) is 8.66. The Labute approximate surface area is 128 Å². The first-order valence-corrected chi connectivity index (χ1v) is 8.66. The minimum Gasteiger partial charge on any atom is -0.444 e. The minimum absolute atomic E-state index is 0.112. The summed E-state index contributed by atoms with van der Waals surface area (Å²) in [4.78, 5) is 17.1. The van der Waals surface area contributed by atoms with Crippen molar-refractivity contribution in [3.05, 3.63) is 0 Å². The number of amides is 1. The number of rotatable bonds is 1. The molecule has 1 amide bonds. The zero-order chi connectivity index (χ0) is 15.0. The number of likely N-dealkylation sites (tertiary alicyclic amines) is 2. The maximum Gasteiger partial charge on any atom is 0.410 e. The van der Waals surface area contributed by atoms with Gasteiger partial charge in [-0.15, -0.1) is 0 Å². The lowest BCUT2D eigenvalue weighted by molar-refractivity contribution is -0.0297. The summed E-state index contributed by atoms with van der Waals surface area (Å²) in [6.45, 7) is 10.2. The molecule has 4 heteroatoms. The molecule has 0 aromatic carbocycles. The number of nitrogens with zero attached hydrogens (tertiary/aromatic N) is 2. The van der Waals surface area contributed by atoms with Gasteiger partial charge < -0.3 is 9.64 Å². The smallest absolute Gasteiger partial charge is 0.410 e. The van der Waals surface area contributed by atoms with Crippen LogP contribution in [0.2, 0.25) is 0 Å². The van der Waals surface area contributed by atoms with Gasteiger partial charge in [0.2, 0.25) is 0 Å². The summed E-state index contributed by atoms with van der Waals surface area (Å²) in [6.07, 6.45) is 6.48. The summed E-state index contributed by atoms with van der Waals surface area (Å²) in [5.41, 5.74) is -0.391. The highest BCUT2D eigenvalue weighted by atomic mass is 16.6. The maximum absolute atomic E-state index is 12.4. The van der Waals surface area contributed by atoms with Gasteiger partial charge in [0.1, 0.15) is 5.60 Å². The highest BCUT2D eigenvalue weighted by Gasteiger charge is 2.44. The van der Waals surface area contributed by atoms with E-state index in [0.717, 1.165) is 19.1 Å². The molecule has 120 valence electrons. The standard InChI is InChI=1S/C17H30N2O2/c1-17(2,3)21-16(20)19-11-13-7-6-8-14(12-19)15(13)18-9-4-5-10-18/h13-15H,4-12H2,1-3H3. The normalized spacial score (nSPS) is 34.0. The molecule has 3 fully saturated rings. The number of ether oxygens (including phenoxy) is 1. The predicted molar refractivity (Wildman–Crippen MR) is 83.2 cm³/mol. The van der Waals surface area contributed by atoms with Crippen molar-refractivity contribution in [2.24, 2.45) is 11.8 Å². The van der Waals surface area contributed by atoms with Gasteiger partial charge in [-0.2, -0.15) is 0 Å². The van der Waals surface area contributed by atoms with Crippen LogP contribution in [0.25, 0.3) is 0 Å². The SMILES string of the molecule is CC(C)(C)OC(=O)N1CC2CCCC(C1)C2N1CCCC1. The van der Waals surface area contributed by atoms with Crippen molar-refractivity contribution >= 4 is 6.09 Å². The van der Waals surface area contributed by atoms with Gasteiger partial charge >= 0.3 is 6.09 Å². The Bertz CT molecular complexity index is 371.